The molecule has 0 aliphatic rings. The summed E-state index contributed by atoms with van der Waals surface area (Å²) in [6, 6.07) is 0. The SMILES string of the molecule is Cc1nc(-c2nc(N)c(Br)c(C(C)C)n2)cs1. The van der Waals surface area contributed by atoms with Gasteiger partial charge in [0.15, 0.2) is 5.82 Å². The van der Waals surface area contributed by atoms with Gasteiger partial charge in [0.25, 0.3) is 0 Å². The molecule has 0 aliphatic carbocycles. The third kappa shape index (κ3) is 2.47. The summed E-state index contributed by atoms with van der Waals surface area (Å²) in [7, 11) is 0. The molecule has 0 fully saturated rings. The number of aryl methyl sites for hydroxylation is 1. The third-order valence-electron chi connectivity index (χ3n) is 2.30. The molecule has 4 nitrogen and oxygen atoms in total. The first kappa shape index (κ1) is 12.4. The zero-order chi connectivity index (χ0) is 12.6. The number of hydrogen-bond acceptors (Lipinski definition) is 5. The van der Waals surface area contributed by atoms with Crippen LogP contribution in [0.3, 0.4) is 0 Å². The van der Waals surface area contributed by atoms with Gasteiger partial charge < -0.3 is 5.73 Å². The molecule has 2 rings (SSSR count). The normalized spacial score (nSPS) is 11.1. The van der Waals surface area contributed by atoms with Crippen molar-refractivity contribution >= 4 is 33.1 Å². The fourth-order valence-electron chi connectivity index (χ4n) is 1.45. The second-order valence-corrected chi connectivity index (χ2v) is 5.89. The van der Waals surface area contributed by atoms with Crippen molar-refractivity contribution in [2.75, 3.05) is 5.73 Å². The molecule has 0 unspecified atom stereocenters. The highest BCUT2D eigenvalue weighted by Crippen LogP contribution is 2.29. The van der Waals surface area contributed by atoms with Crippen LogP contribution < -0.4 is 5.73 Å². The minimum absolute atomic E-state index is 0.285. The van der Waals surface area contributed by atoms with Crippen molar-refractivity contribution in [1.82, 2.24) is 15.0 Å². The van der Waals surface area contributed by atoms with Gasteiger partial charge in [0.2, 0.25) is 0 Å². The molecule has 0 atom stereocenters. The fraction of sp³-hybridized carbons (Fsp3) is 0.364. The maximum absolute atomic E-state index is 5.88. The van der Waals surface area contributed by atoms with Crippen LogP contribution >= 0.6 is 27.3 Å². The number of anilines is 1. The smallest absolute Gasteiger partial charge is 0.181 e. The molecule has 0 aromatic carbocycles. The lowest BCUT2D eigenvalue weighted by Crippen LogP contribution is -2.04. The fourth-order valence-corrected chi connectivity index (χ4v) is 2.67. The predicted octanol–water partition coefficient (Wildman–Crippen LogP) is 3.38. The summed E-state index contributed by atoms with van der Waals surface area (Å²) in [6.07, 6.45) is 0. The lowest BCUT2D eigenvalue weighted by atomic mass is 10.1. The molecule has 17 heavy (non-hydrogen) atoms. The summed E-state index contributed by atoms with van der Waals surface area (Å²) in [5, 5.41) is 2.94. The Balaban J connectivity index is 2.56. The van der Waals surface area contributed by atoms with Crippen molar-refractivity contribution in [1.29, 1.82) is 0 Å². The van der Waals surface area contributed by atoms with Gasteiger partial charge in [-0.15, -0.1) is 11.3 Å². The first-order chi connectivity index (χ1) is 7.99. The number of nitrogen functional groups attached to an aromatic ring is 1. The highest BCUT2D eigenvalue weighted by molar-refractivity contribution is 9.10. The van der Waals surface area contributed by atoms with Gasteiger partial charge in [-0.05, 0) is 28.8 Å². The van der Waals surface area contributed by atoms with E-state index in [-0.39, 0.29) is 5.92 Å². The van der Waals surface area contributed by atoms with Crippen molar-refractivity contribution in [2.24, 2.45) is 0 Å². The van der Waals surface area contributed by atoms with E-state index in [1.807, 2.05) is 12.3 Å². The van der Waals surface area contributed by atoms with E-state index in [0.717, 1.165) is 20.9 Å². The molecule has 6 heteroatoms. The molecule has 2 N–H and O–H groups in total. The third-order valence-corrected chi connectivity index (χ3v) is 3.88. The largest absolute Gasteiger partial charge is 0.383 e. The zero-order valence-electron chi connectivity index (χ0n) is 9.86. The topological polar surface area (TPSA) is 64.7 Å². The van der Waals surface area contributed by atoms with E-state index in [2.05, 4.69) is 44.7 Å². The molecule has 0 aliphatic heterocycles. The van der Waals surface area contributed by atoms with Crippen LogP contribution in [-0.4, -0.2) is 15.0 Å². The van der Waals surface area contributed by atoms with Crippen molar-refractivity contribution < 1.29 is 0 Å². The van der Waals surface area contributed by atoms with E-state index in [1.165, 1.54) is 0 Å². The molecule has 0 radical (unpaired) electrons. The average molecular weight is 313 g/mol. The Bertz CT molecular complexity index is 550. The molecule has 0 amide bonds. The molecule has 90 valence electrons. The maximum Gasteiger partial charge on any atom is 0.181 e. The van der Waals surface area contributed by atoms with Gasteiger partial charge >= 0.3 is 0 Å². The van der Waals surface area contributed by atoms with E-state index in [0.29, 0.717) is 11.6 Å². The summed E-state index contributed by atoms with van der Waals surface area (Å²) < 4.78 is 0.781. The number of thiazole rings is 1. The van der Waals surface area contributed by atoms with E-state index < -0.39 is 0 Å². The van der Waals surface area contributed by atoms with Crippen LogP contribution in [0.15, 0.2) is 9.85 Å². The Morgan fingerprint density at radius 3 is 2.53 bits per heavy atom. The summed E-state index contributed by atoms with van der Waals surface area (Å²) in [5.41, 5.74) is 7.58. The molecule has 0 bridgehead atoms. The standard InChI is InChI=1S/C11H13BrN4S/c1-5(2)9-8(12)10(13)16-11(15-9)7-4-17-6(3)14-7/h4-5H,1-3H3,(H2,13,15,16). The predicted molar refractivity (Wildman–Crippen MR) is 74.1 cm³/mol. The van der Waals surface area contributed by atoms with Crippen LogP contribution in [-0.2, 0) is 0 Å². The Hall–Kier alpha value is -1.01. The number of aromatic nitrogens is 3. The highest BCUT2D eigenvalue weighted by Gasteiger charge is 2.15. The van der Waals surface area contributed by atoms with Crippen molar-refractivity contribution in [3.05, 3.63) is 20.6 Å². The summed E-state index contributed by atoms with van der Waals surface area (Å²) in [6.45, 7) is 6.10. The van der Waals surface area contributed by atoms with Crippen LogP contribution in [0, 0.1) is 6.92 Å². The first-order valence-corrected chi connectivity index (χ1v) is 6.91. The van der Waals surface area contributed by atoms with Gasteiger partial charge in [-0.2, -0.15) is 0 Å². The average Bonchev–Trinajstić information content (AvgIpc) is 2.68. The van der Waals surface area contributed by atoms with Crippen LogP contribution in [0.25, 0.3) is 11.5 Å². The summed E-state index contributed by atoms with van der Waals surface area (Å²) in [5.74, 6) is 1.34. The lowest BCUT2D eigenvalue weighted by Gasteiger charge is -2.10. The second-order valence-electron chi connectivity index (χ2n) is 4.04. The van der Waals surface area contributed by atoms with Crippen molar-refractivity contribution in [3.8, 4) is 11.5 Å². The lowest BCUT2D eigenvalue weighted by molar-refractivity contribution is 0.810. The van der Waals surface area contributed by atoms with Crippen LogP contribution in [0.2, 0.25) is 0 Å². The Morgan fingerprint density at radius 2 is 2.00 bits per heavy atom. The minimum Gasteiger partial charge on any atom is -0.383 e. The van der Waals surface area contributed by atoms with Crippen molar-refractivity contribution in [3.63, 3.8) is 0 Å². The number of nitrogens with two attached hydrogens (primary N) is 1. The molecule has 2 aromatic rings. The molecule has 0 saturated carbocycles. The minimum atomic E-state index is 0.285. The first-order valence-electron chi connectivity index (χ1n) is 5.24. The summed E-state index contributed by atoms with van der Waals surface area (Å²) in [4.78, 5) is 13.2. The van der Waals surface area contributed by atoms with Gasteiger partial charge in [0.05, 0.1) is 15.2 Å². The van der Waals surface area contributed by atoms with E-state index >= 15 is 0 Å². The highest BCUT2D eigenvalue weighted by atomic mass is 79.9. The zero-order valence-corrected chi connectivity index (χ0v) is 12.3. The van der Waals surface area contributed by atoms with Crippen LogP contribution in [0.4, 0.5) is 5.82 Å². The molecule has 0 saturated heterocycles. The van der Waals surface area contributed by atoms with Crippen LogP contribution in [0.5, 0.6) is 0 Å². The number of hydrogen-bond donors (Lipinski definition) is 1. The summed E-state index contributed by atoms with van der Waals surface area (Å²) >= 11 is 5.00. The van der Waals surface area contributed by atoms with Gasteiger partial charge in [-0.25, -0.2) is 15.0 Å². The monoisotopic (exact) mass is 312 g/mol. The molecule has 2 aromatic heterocycles. The van der Waals surface area contributed by atoms with Gasteiger partial charge in [0.1, 0.15) is 11.5 Å². The van der Waals surface area contributed by atoms with Gasteiger partial charge in [0, 0.05) is 5.38 Å². The Morgan fingerprint density at radius 1 is 1.29 bits per heavy atom. The second kappa shape index (κ2) is 4.70. The van der Waals surface area contributed by atoms with Crippen molar-refractivity contribution in [2.45, 2.75) is 26.7 Å². The van der Waals surface area contributed by atoms with Crippen LogP contribution in [0.1, 0.15) is 30.5 Å². The number of halogens is 1. The molecule has 0 spiro atoms. The van der Waals surface area contributed by atoms with E-state index in [4.69, 9.17) is 5.73 Å². The Kier molecular flexibility index (Phi) is 3.44. The molecule has 2 heterocycles. The van der Waals surface area contributed by atoms with Gasteiger partial charge in [-0.3, -0.25) is 0 Å². The number of rotatable bonds is 2. The van der Waals surface area contributed by atoms with Gasteiger partial charge in [-0.1, -0.05) is 13.8 Å². The Labute approximate surface area is 112 Å². The van der Waals surface area contributed by atoms with E-state index in [9.17, 15) is 0 Å². The van der Waals surface area contributed by atoms with E-state index in [1.54, 1.807) is 11.3 Å². The maximum atomic E-state index is 5.88. The molecular formula is C11H13BrN4S. The molecular weight excluding hydrogens is 300 g/mol. The quantitative estimate of drug-likeness (QED) is 0.923. The number of nitrogens with zero attached hydrogens (tertiary/aromatic N) is 3.